The third kappa shape index (κ3) is 4.37. The van der Waals surface area contributed by atoms with Gasteiger partial charge < -0.3 is 4.90 Å². The Labute approximate surface area is 163 Å². The van der Waals surface area contributed by atoms with Gasteiger partial charge in [0.25, 0.3) is 0 Å². The smallest absolute Gasteiger partial charge is 0.231 e. The molecule has 6 heteroatoms. The number of benzene rings is 2. The maximum atomic E-state index is 13.1. The predicted octanol–water partition coefficient (Wildman–Crippen LogP) is 5.01. The molecule has 0 aromatic heterocycles. The quantitative estimate of drug-likeness (QED) is 0.727. The molecule has 3 rings (SSSR count). The molecule has 1 heterocycles. The summed E-state index contributed by atoms with van der Waals surface area (Å²) in [5.74, 6) is -0.360. The highest BCUT2D eigenvalue weighted by molar-refractivity contribution is 6.35. The van der Waals surface area contributed by atoms with E-state index in [1.807, 2.05) is 18.2 Å². The molecule has 1 saturated heterocycles. The van der Waals surface area contributed by atoms with Gasteiger partial charge in [-0.2, -0.15) is 0 Å². The van der Waals surface area contributed by atoms with Gasteiger partial charge in [0.05, 0.1) is 5.92 Å². The van der Waals surface area contributed by atoms with Gasteiger partial charge in [-0.1, -0.05) is 29.3 Å². The van der Waals surface area contributed by atoms with Gasteiger partial charge in [0.1, 0.15) is 5.82 Å². The zero-order valence-corrected chi connectivity index (χ0v) is 16.1. The van der Waals surface area contributed by atoms with Crippen molar-refractivity contribution in [1.82, 2.24) is 4.90 Å². The molecule has 1 aliphatic rings. The summed E-state index contributed by atoms with van der Waals surface area (Å²) in [6, 6.07) is 11.5. The average Bonchev–Trinajstić information content (AvgIpc) is 2.64. The van der Waals surface area contributed by atoms with Crippen LogP contribution in [0.3, 0.4) is 0 Å². The van der Waals surface area contributed by atoms with Crippen LogP contribution in [0, 0.1) is 11.7 Å². The number of carbonyl (C=O) groups excluding carboxylic acids is 1. The van der Waals surface area contributed by atoms with Crippen molar-refractivity contribution in [2.45, 2.75) is 19.4 Å². The lowest BCUT2D eigenvalue weighted by molar-refractivity contribution is -0.123. The van der Waals surface area contributed by atoms with Gasteiger partial charge in [0, 0.05) is 41.4 Å². The highest BCUT2D eigenvalue weighted by Gasteiger charge is 2.29. The monoisotopic (exact) mass is 394 g/mol. The molecule has 0 radical (unpaired) electrons. The summed E-state index contributed by atoms with van der Waals surface area (Å²) in [7, 11) is 1.74. The van der Waals surface area contributed by atoms with E-state index >= 15 is 0 Å². The van der Waals surface area contributed by atoms with Crippen molar-refractivity contribution in [3.8, 4) is 0 Å². The molecule has 1 fully saturated rings. The molecule has 0 aliphatic carbocycles. The fourth-order valence-electron chi connectivity index (χ4n) is 3.37. The van der Waals surface area contributed by atoms with Gasteiger partial charge in [-0.05, 0) is 55.8 Å². The summed E-state index contributed by atoms with van der Waals surface area (Å²) in [6.07, 6.45) is 1.78. The molecule has 1 atom stereocenters. The lowest BCUT2D eigenvalue weighted by Gasteiger charge is -2.34. The van der Waals surface area contributed by atoms with Crippen LogP contribution >= 0.6 is 23.2 Å². The molecule has 0 N–H and O–H groups in total. The Morgan fingerprint density at radius 1 is 1.19 bits per heavy atom. The van der Waals surface area contributed by atoms with Crippen LogP contribution in [0.15, 0.2) is 42.5 Å². The Balaban J connectivity index is 1.68. The minimum absolute atomic E-state index is 0.0477. The highest BCUT2D eigenvalue weighted by Crippen LogP contribution is 2.28. The fourth-order valence-corrected chi connectivity index (χ4v) is 3.89. The molecular formula is C20H21Cl2FN2O. The lowest BCUT2D eigenvalue weighted by Crippen LogP contribution is -2.43. The third-order valence-electron chi connectivity index (χ3n) is 4.84. The molecular weight excluding hydrogens is 374 g/mol. The first kappa shape index (κ1) is 19.2. The van der Waals surface area contributed by atoms with Crippen LogP contribution < -0.4 is 4.90 Å². The first-order valence-electron chi connectivity index (χ1n) is 8.64. The Kier molecular flexibility index (Phi) is 6.17. The van der Waals surface area contributed by atoms with Gasteiger partial charge in [-0.15, -0.1) is 0 Å². The molecule has 26 heavy (non-hydrogen) atoms. The van der Waals surface area contributed by atoms with Crippen molar-refractivity contribution >= 4 is 34.8 Å². The molecule has 138 valence electrons. The van der Waals surface area contributed by atoms with E-state index < -0.39 is 0 Å². The second kappa shape index (κ2) is 8.38. The SMILES string of the molecule is CN(C(=O)[C@@H]1CCCN(Cc2c(Cl)cccc2Cl)C1)c1ccc(F)cc1. The van der Waals surface area contributed by atoms with Crippen LogP contribution in [-0.2, 0) is 11.3 Å². The number of piperidine rings is 1. The van der Waals surface area contributed by atoms with Crippen LogP contribution in [0.4, 0.5) is 10.1 Å². The summed E-state index contributed by atoms with van der Waals surface area (Å²) in [5.41, 5.74) is 1.60. The summed E-state index contributed by atoms with van der Waals surface area (Å²) >= 11 is 12.5. The van der Waals surface area contributed by atoms with E-state index in [-0.39, 0.29) is 17.6 Å². The Morgan fingerprint density at radius 2 is 1.85 bits per heavy atom. The molecule has 0 spiro atoms. The maximum Gasteiger partial charge on any atom is 0.231 e. The van der Waals surface area contributed by atoms with E-state index in [1.165, 1.54) is 12.1 Å². The van der Waals surface area contributed by atoms with E-state index in [0.717, 1.165) is 24.9 Å². The third-order valence-corrected chi connectivity index (χ3v) is 5.55. The van der Waals surface area contributed by atoms with Crippen LogP contribution in [-0.4, -0.2) is 30.9 Å². The first-order chi connectivity index (χ1) is 12.5. The molecule has 0 unspecified atom stereocenters. The maximum absolute atomic E-state index is 13.1. The predicted molar refractivity (Wildman–Crippen MR) is 104 cm³/mol. The Morgan fingerprint density at radius 3 is 2.50 bits per heavy atom. The number of rotatable bonds is 4. The fraction of sp³-hybridized carbons (Fsp3) is 0.350. The van der Waals surface area contributed by atoms with E-state index in [9.17, 15) is 9.18 Å². The number of halogens is 3. The summed E-state index contributed by atoms with van der Waals surface area (Å²) in [4.78, 5) is 16.7. The molecule has 2 aromatic carbocycles. The van der Waals surface area contributed by atoms with Crippen molar-refractivity contribution < 1.29 is 9.18 Å². The summed E-state index contributed by atoms with van der Waals surface area (Å²) < 4.78 is 13.1. The molecule has 2 aromatic rings. The Hall–Kier alpha value is -1.62. The molecule has 0 saturated carbocycles. The lowest BCUT2D eigenvalue weighted by atomic mass is 9.96. The van der Waals surface area contributed by atoms with Crippen LogP contribution in [0.2, 0.25) is 10.0 Å². The standard InChI is InChI=1S/C20H21Cl2FN2O/c1-24(16-9-7-15(23)8-10-16)20(26)14-4-3-11-25(12-14)13-17-18(21)5-2-6-19(17)22/h2,5-10,14H,3-4,11-13H2,1H3/t14-/m1/s1. The zero-order chi connectivity index (χ0) is 18.7. The Bertz CT molecular complexity index is 762. The minimum Gasteiger partial charge on any atom is -0.315 e. The van der Waals surface area contributed by atoms with Gasteiger partial charge >= 0.3 is 0 Å². The van der Waals surface area contributed by atoms with Crippen LogP contribution in [0.25, 0.3) is 0 Å². The van der Waals surface area contributed by atoms with Crippen molar-refractivity contribution in [3.63, 3.8) is 0 Å². The molecule has 3 nitrogen and oxygen atoms in total. The van der Waals surface area contributed by atoms with Crippen molar-refractivity contribution in [2.75, 3.05) is 25.0 Å². The van der Waals surface area contributed by atoms with Gasteiger partial charge in [-0.3, -0.25) is 9.69 Å². The average molecular weight is 395 g/mol. The minimum atomic E-state index is -0.310. The summed E-state index contributed by atoms with van der Waals surface area (Å²) in [6.45, 7) is 2.19. The second-order valence-electron chi connectivity index (χ2n) is 6.65. The van der Waals surface area contributed by atoms with Gasteiger partial charge in [-0.25, -0.2) is 4.39 Å². The number of carbonyl (C=O) groups is 1. The van der Waals surface area contributed by atoms with Crippen molar-refractivity contribution in [2.24, 2.45) is 5.92 Å². The van der Waals surface area contributed by atoms with Gasteiger partial charge in [0.2, 0.25) is 5.91 Å². The number of nitrogens with zero attached hydrogens (tertiary/aromatic N) is 2. The van der Waals surface area contributed by atoms with E-state index in [2.05, 4.69) is 4.90 Å². The highest BCUT2D eigenvalue weighted by atomic mass is 35.5. The molecule has 1 aliphatic heterocycles. The van der Waals surface area contributed by atoms with Crippen molar-refractivity contribution in [1.29, 1.82) is 0 Å². The number of hydrogen-bond donors (Lipinski definition) is 0. The number of likely N-dealkylation sites (tertiary alicyclic amines) is 1. The van der Waals surface area contributed by atoms with Gasteiger partial charge in [0.15, 0.2) is 0 Å². The number of amides is 1. The second-order valence-corrected chi connectivity index (χ2v) is 7.46. The van der Waals surface area contributed by atoms with E-state index in [0.29, 0.717) is 28.8 Å². The zero-order valence-electron chi connectivity index (χ0n) is 14.6. The molecule has 1 amide bonds. The summed E-state index contributed by atoms with van der Waals surface area (Å²) in [5, 5.41) is 1.30. The van der Waals surface area contributed by atoms with Crippen molar-refractivity contribution in [3.05, 3.63) is 63.9 Å². The van der Waals surface area contributed by atoms with E-state index in [4.69, 9.17) is 23.2 Å². The normalized spacial score (nSPS) is 17.9. The number of hydrogen-bond acceptors (Lipinski definition) is 2. The van der Waals surface area contributed by atoms with Crippen LogP contribution in [0.1, 0.15) is 18.4 Å². The molecule has 0 bridgehead atoms. The topological polar surface area (TPSA) is 23.6 Å². The first-order valence-corrected chi connectivity index (χ1v) is 9.39. The largest absolute Gasteiger partial charge is 0.315 e. The van der Waals surface area contributed by atoms with Crippen LogP contribution in [0.5, 0.6) is 0 Å². The van der Waals surface area contributed by atoms with E-state index in [1.54, 1.807) is 24.1 Å². The number of anilines is 1.